The second-order valence-electron chi connectivity index (χ2n) is 4.29. The van der Waals surface area contributed by atoms with E-state index in [9.17, 15) is 4.79 Å². The first-order chi connectivity index (χ1) is 7.61. The van der Waals surface area contributed by atoms with Crippen LogP contribution >= 0.6 is 0 Å². The SMILES string of the molecule is CC(C(=O)Nc1nn(C)cc1C#N)C1CC1. The van der Waals surface area contributed by atoms with Gasteiger partial charge in [0, 0.05) is 19.2 Å². The Morgan fingerprint density at radius 2 is 2.44 bits per heavy atom. The number of anilines is 1. The van der Waals surface area contributed by atoms with Gasteiger partial charge in [-0.25, -0.2) is 0 Å². The number of rotatable bonds is 3. The highest BCUT2D eigenvalue weighted by atomic mass is 16.2. The Kier molecular flexibility index (Phi) is 2.65. The lowest BCUT2D eigenvalue weighted by Gasteiger charge is -2.08. The van der Waals surface area contributed by atoms with Gasteiger partial charge in [-0.05, 0) is 18.8 Å². The normalized spacial score (nSPS) is 16.6. The van der Waals surface area contributed by atoms with E-state index >= 15 is 0 Å². The zero-order valence-electron chi connectivity index (χ0n) is 9.40. The predicted octanol–water partition coefficient (Wildman–Crippen LogP) is 1.28. The molecule has 1 saturated carbocycles. The van der Waals surface area contributed by atoms with Gasteiger partial charge in [-0.3, -0.25) is 9.48 Å². The van der Waals surface area contributed by atoms with Crippen molar-refractivity contribution in [2.75, 3.05) is 5.32 Å². The minimum absolute atomic E-state index is 0.00792. The molecule has 1 fully saturated rings. The van der Waals surface area contributed by atoms with Crippen LogP contribution in [0.3, 0.4) is 0 Å². The van der Waals surface area contributed by atoms with E-state index in [1.54, 1.807) is 13.2 Å². The fourth-order valence-corrected chi connectivity index (χ4v) is 1.70. The highest BCUT2D eigenvalue weighted by Crippen LogP contribution is 2.37. The molecular formula is C11H14N4O. The molecule has 0 radical (unpaired) electrons. The van der Waals surface area contributed by atoms with E-state index in [0.717, 1.165) is 12.8 Å². The van der Waals surface area contributed by atoms with Crippen LogP contribution in [0, 0.1) is 23.2 Å². The summed E-state index contributed by atoms with van der Waals surface area (Å²) in [5.41, 5.74) is 0.402. The molecular weight excluding hydrogens is 204 g/mol. The molecule has 5 nitrogen and oxygen atoms in total. The van der Waals surface area contributed by atoms with E-state index in [1.165, 1.54) is 4.68 Å². The van der Waals surface area contributed by atoms with Crippen LogP contribution < -0.4 is 5.32 Å². The van der Waals surface area contributed by atoms with E-state index in [-0.39, 0.29) is 11.8 Å². The average molecular weight is 218 g/mol. The highest BCUT2D eigenvalue weighted by molar-refractivity contribution is 5.92. The molecule has 1 aromatic heterocycles. The Labute approximate surface area is 94.1 Å². The average Bonchev–Trinajstić information content (AvgIpc) is 3.03. The van der Waals surface area contributed by atoms with Gasteiger partial charge in [-0.1, -0.05) is 6.92 Å². The standard InChI is InChI=1S/C11H14N4O/c1-7(8-3-4-8)11(16)13-10-9(5-12)6-15(2)14-10/h6-8H,3-4H2,1-2H3,(H,13,14,16). The van der Waals surface area contributed by atoms with Gasteiger partial charge in [0.1, 0.15) is 11.6 Å². The second-order valence-corrected chi connectivity index (χ2v) is 4.29. The molecule has 1 aliphatic rings. The molecule has 1 amide bonds. The van der Waals surface area contributed by atoms with E-state index in [0.29, 0.717) is 17.3 Å². The van der Waals surface area contributed by atoms with Crippen molar-refractivity contribution in [1.29, 1.82) is 5.26 Å². The lowest BCUT2D eigenvalue weighted by atomic mass is 10.1. The quantitative estimate of drug-likeness (QED) is 0.830. The number of carbonyl (C=O) groups is 1. The van der Waals surface area contributed by atoms with E-state index < -0.39 is 0 Å². The third kappa shape index (κ3) is 2.06. The summed E-state index contributed by atoms with van der Waals surface area (Å²) in [5.74, 6) is 0.836. The number of nitriles is 1. The van der Waals surface area contributed by atoms with Gasteiger partial charge in [0.15, 0.2) is 5.82 Å². The molecule has 1 atom stereocenters. The summed E-state index contributed by atoms with van der Waals surface area (Å²) in [4.78, 5) is 11.8. The van der Waals surface area contributed by atoms with Crippen LogP contribution in [0.1, 0.15) is 25.3 Å². The summed E-state index contributed by atoms with van der Waals surface area (Å²) in [7, 11) is 1.72. The number of nitrogens with zero attached hydrogens (tertiary/aromatic N) is 3. The molecule has 0 aromatic carbocycles. The Balaban J connectivity index is 2.08. The Morgan fingerprint density at radius 3 is 3.00 bits per heavy atom. The van der Waals surface area contributed by atoms with Crippen LogP contribution in [0.2, 0.25) is 0 Å². The molecule has 1 unspecified atom stereocenters. The Bertz CT molecular complexity index is 453. The molecule has 2 rings (SSSR count). The van der Waals surface area contributed by atoms with Gasteiger partial charge in [0.25, 0.3) is 0 Å². The first-order valence-electron chi connectivity index (χ1n) is 5.36. The molecule has 1 aromatic rings. The van der Waals surface area contributed by atoms with Gasteiger partial charge in [0.2, 0.25) is 5.91 Å². The van der Waals surface area contributed by atoms with Crippen molar-refractivity contribution in [2.45, 2.75) is 19.8 Å². The largest absolute Gasteiger partial charge is 0.308 e. The first-order valence-corrected chi connectivity index (χ1v) is 5.36. The van der Waals surface area contributed by atoms with E-state index in [1.807, 2.05) is 13.0 Å². The van der Waals surface area contributed by atoms with Crippen LogP contribution in [0.5, 0.6) is 0 Å². The topological polar surface area (TPSA) is 70.7 Å². The molecule has 1 aliphatic carbocycles. The number of nitrogens with one attached hydrogen (secondary N) is 1. The molecule has 0 saturated heterocycles. The van der Waals surface area contributed by atoms with Gasteiger partial charge in [-0.2, -0.15) is 10.4 Å². The fourth-order valence-electron chi connectivity index (χ4n) is 1.70. The minimum Gasteiger partial charge on any atom is -0.308 e. The minimum atomic E-state index is -0.0438. The smallest absolute Gasteiger partial charge is 0.228 e. The van der Waals surface area contributed by atoms with Crippen molar-refractivity contribution in [3.63, 3.8) is 0 Å². The second kappa shape index (κ2) is 3.97. The van der Waals surface area contributed by atoms with Crippen molar-refractivity contribution in [1.82, 2.24) is 9.78 Å². The maximum absolute atomic E-state index is 11.8. The molecule has 0 aliphatic heterocycles. The first kappa shape index (κ1) is 10.7. The summed E-state index contributed by atoms with van der Waals surface area (Å²) >= 11 is 0. The predicted molar refractivity (Wildman–Crippen MR) is 58.4 cm³/mol. The lowest BCUT2D eigenvalue weighted by Crippen LogP contribution is -2.22. The zero-order chi connectivity index (χ0) is 11.7. The summed E-state index contributed by atoms with van der Waals surface area (Å²) in [6, 6.07) is 2.01. The van der Waals surface area contributed by atoms with Crippen LogP contribution in [-0.2, 0) is 11.8 Å². The van der Waals surface area contributed by atoms with Crippen molar-refractivity contribution in [2.24, 2.45) is 18.9 Å². The van der Waals surface area contributed by atoms with Gasteiger partial charge >= 0.3 is 0 Å². The van der Waals surface area contributed by atoms with Crippen LogP contribution in [0.15, 0.2) is 6.20 Å². The monoisotopic (exact) mass is 218 g/mol. The van der Waals surface area contributed by atoms with Crippen LogP contribution in [0.4, 0.5) is 5.82 Å². The van der Waals surface area contributed by atoms with E-state index in [4.69, 9.17) is 5.26 Å². The third-order valence-electron chi connectivity index (χ3n) is 2.93. The van der Waals surface area contributed by atoms with Crippen molar-refractivity contribution in [3.05, 3.63) is 11.8 Å². The summed E-state index contributed by atoms with van der Waals surface area (Å²) in [6.07, 6.45) is 3.85. The fraction of sp³-hybridized carbons (Fsp3) is 0.545. The Morgan fingerprint density at radius 1 is 1.75 bits per heavy atom. The maximum Gasteiger partial charge on any atom is 0.228 e. The number of carbonyl (C=O) groups excluding carboxylic acids is 1. The highest BCUT2D eigenvalue weighted by Gasteiger charge is 2.33. The van der Waals surface area contributed by atoms with Crippen LogP contribution in [-0.4, -0.2) is 15.7 Å². The van der Waals surface area contributed by atoms with Crippen LogP contribution in [0.25, 0.3) is 0 Å². The maximum atomic E-state index is 11.8. The molecule has 84 valence electrons. The lowest BCUT2D eigenvalue weighted by molar-refractivity contribution is -0.119. The Hall–Kier alpha value is -1.83. The molecule has 1 N–H and O–H groups in total. The van der Waals surface area contributed by atoms with Crippen molar-refractivity contribution >= 4 is 11.7 Å². The summed E-state index contributed by atoms with van der Waals surface area (Å²) < 4.78 is 1.52. The number of amides is 1. The van der Waals surface area contributed by atoms with Gasteiger partial charge in [0.05, 0.1) is 0 Å². The van der Waals surface area contributed by atoms with E-state index in [2.05, 4.69) is 10.4 Å². The van der Waals surface area contributed by atoms with Crippen molar-refractivity contribution in [3.8, 4) is 6.07 Å². The molecule has 0 spiro atoms. The van der Waals surface area contributed by atoms with Gasteiger partial charge in [-0.15, -0.1) is 0 Å². The molecule has 1 heterocycles. The van der Waals surface area contributed by atoms with Crippen molar-refractivity contribution < 1.29 is 4.79 Å². The molecule has 0 bridgehead atoms. The summed E-state index contributed by atoms with van der Waals surface area (Å²) in [5, 5.41) is 15.6. The number of aryl methyl sites for hydroxylation is 1. The zero-order valence-corrected chi connectivity index (χ0v) is 9.40. The molecule has 16 heavy (non-hydrogen) atoms. The number of hydrogen-bond acceptors (Lipinski definition) is 3. The number of aromatic nitrogens is 2. The summed E-state index contributed by atoms with van der Waals surface area (Å²) in [6.45, 7) is 1.92. The molecule has 5 heteroatoms. The number of hydrogen-bond donors (Lipinski definition) is 1. The van der Waals surface area contributed by atoms with Gasteiger partial charge < -0.3 is 5.32 Å². The third-order valence-corrected chi connectivity index (χ3v) is 2.93.